The minimum Gasteiger partial charge on any atom is -0.489 e. The van der Waals surface area contributed by atoms with E-state index in [0.717, 1.165) is 49.7 Å². The molecule has 2 N–H and O–H groups in total. The molecule has 0 aromatic heterocycles. The number of hydrogen-bond acceptors (Lipinski definition) is 3. The highest BCUT2D eigenvalue weighted by atomic mass is 16.5. The molecule has 5 nitrogen and oxygen atoms in total. The lowest BCUT2D eigenvalue weighted by Crippen LogP contribution is -2.50. The first kappa shape index (κ1) is 20.6. The molecule has 1 unspecified atom stereocenters. The van der Waals surface area contributed by atoms with Crippen LogP contribution >= 0.6 is 0 Å². The van der Waals surface area contributed by atoms with Gasteiger partial charge in [0, 0.05) is 31.7 Å². The van der Waals surface area contributed by atoms with Crippen LogP contribution in [0.25, 0.3) is 0 Å². The molecule has 1 heterocycles. The maximum absolute atomic E-state index is 6.03. The van der Waals surface area contributed by atoms with Crippen LogP contribution in [0.15, 0.2) is 29.3 Å². The van der Waals surface area contributed by atoms with Gasteiger partial charge in [-0.2, -0.15) is 0 Å². The Balaban J connectivity index is 1.85. The van der Waals surface area contributed by atoms with Gasteiger partial charge in [0.25, 0.3) is 0 Å². The molecule has 1 aliphatic rings. The van der Waals surface area contributed by atoms with Crippen LogP contribution in [0.1, 0.15) is 46.1 Å². The number of rotatable bonds is 7. The van der Waals surface area contributed by atoms with Gasteiger partial charge in [0.05, 0.1) is 6.54 Å². The van der Waals surface area contributed by atoms with Gasteiger partial charge in [-0.25, -0.2) is 4.99 Å². The number of hydrogen-bond donors (Lipinski definition) is 2. The Labute approximate surface area is 159 Å². The highest BCUT2D eigenvalue weighted by Crippen LogP contribution is 2.18. The van der Waals surface area contributed by atoms with Crippen LogP contribution in [0.3, 0.4) is 0 Å². The average molecular weight is 361 g/mol. The zero-order valence-corrected chi connectivity index (χ0v) is 17.1. The van der Waals surface area contributed by atoms with E-state index < -0.39 is 0 Å². The Kier molecular flexibility index (Phi) is 8.23. The molecule has 1 aromatic carbocycles. The lowest BCUT2D eigenvalue weighted by molar-refractivity contribution is 0.167. The highest BCUT2D eigenvalue weighted by molar-refractivity contribution is 5.80. The number of piperidine rings is 1. The predicted molar refractivity (Wildman–Crippen MR) is 110 cm³/mol. The van der Waals surface area contributed by atoms with E-state index in [1.807, 2.05) is 18.2 Å². The first-order chi connectivity index (χ1) is 12.5. The number of aryl methyl sites for hydroxylation is 1. The molecule has 0 spiro atoms. The molecule has 0 amide bonds. The molecular formula is C21H36N4O. The van der Waals surface area contributed by atoms with Crippen molar-refractivity contribution in [2.45, 2.75) is 65.6 Å². The molecule has 0 bridgehead atoms. The third-order valence-corrected chi connectivity index (χ3v) is 4.87. The molecule has 0 saturated carbocycles. The van der Waals surface area contributed by atoms with E-state index in [0.29, 0.717) is 18.6 Å². The van der Waals surface area contributed by atoms with Gasteiger partial charge in [-0.1, -0.05) is 18.2 Å². The number of ether oxygens (including phenoxy) is 1. The van der Waals surface area contributed by atoms with Crippen LogP contribution in [0.4, 0.5) is 0 Å². The van der Waals surface area contributed by atoms with E-state index in [1.54, 1.807) is 0 Å². The van der Waals surface area contributed by atoms with E-state index in [2.05, 4.69) is 56.2 Å². The summed E-state index contributed by atoms with van der Waals surface area (Å²) in [6, 6.07) is 9.26. The SMILES string of the molecule is CCNC(=NCC(C)Oc1ccccc1C)NC1CCN(C(C)C)CC1. The average Bonchev–Trinajstić information content (AvgIpc) is 2.62. The number of benzene rings is 1. The largest absolute Gasteiger partial charge is 0.489 e. The first-order valence-electron chi connectivity index (χ1n) is 10.0. The zero-order valence-electron chi connectivity index (χ0n) is 17.1. The van der Waals surface area contributed by atoms with E-state index in [9.17, 15) is 0 Å². The number of nitrogens with zero attached hydrogens (tertiary/aromatic N) is 2. The van der Waals surface area contributed by atoms with Crippen LogP contribution in [-0.4, -0.2) is 55.2 Å². The number of likely N-dealkylation sites (tertiary alicyclic amines) is 1. The van der Waals surface area contributed by atoms with Crippen molar-refractivity contribution in [1.82, 2.24) is 15.5 Å². The smallest absolute Gasteiger partial charge is 0.191 e. The fourth-order valence-electron chi connectivity index (χ4n) is 3.24. The topological polar surface area (TPSA) is 48.9 Å². The Morgan fingerprint density at radius 1 is 1.23 bits per heavy atom. The number of nitrogens with one attached hydrogen (secondary N) is 2. The normalized spacial score (nSPS) is 18.0. The quantitative estimate of drug-likeness (QED) is 0.579. The maximum atomic E-state index is 6.03. The molecule has 146 valence electrons. The lowest BCUT2D eigenvalue weighted by Gasteiger charge is -2.35. The minimum absolute atomic E-state index is 0.0364. The van der Waals surface area contributed by atoms with Gasteiger partial charge in [0.1, 0.15) is 11.9 Å². The molecule has 0 radical (unpaired) electrons. The van der Waals surface area contributed by atoms with Gasteiger partial charge in [-0.3, -0.25) is 0 Å². The van der Waals surface area contributed by atoms with Gasteiger partial charge in [-0.05, 0) is 59.1 Å². The van der Waals surface area contributed by atoms with Gasteiger partial charge in [-0.15, -0.1) is 0 Å². The third kappa shape index (κ3) is 6.52. The molecule has 1 aliphatic heterocycles. The number of aliphatic imine (C=N–C) groups is 1. The highest BCUT2D eigenvalue weighted by Gasteiger charge is 2.21. The van der Waals surface area contributed by atoms with Crippen LogP contribution < -0.4 is 15.4 Å². The van der Waals surface area contributed by atoms with Gasteiger partial charge < -0.3 is 20.3 Å². The molecule has 1 atom stereocenters. The Morgan fingerprint density at radius 2 is 1.92 bits per heavy atom. The second-order valence-corrected chi connectivity index (χ2v) is 7.46. The van der Waals surface area contributed by atoms with Crippen LogP contribution in [0.5, 0.6) is 5.75 Å². The zero-order chi connectivity index (χ0) is 18.9. The van der Waals surface area contributed by atoms with Crippen molar-refractivity contribution >= 4 is 5.96 Å². The number of para-hydroxylation sites is 1. The summed E-state index contributed by atoms with van der Waals surface area (Å²) in [6.07, 6.45) is 2.37. The van der Waals surface area contributed by atoms with Gasteiger partial charge in [0.15, 0.2) is 5.96 Å². The summed E-state index contributed by atoms with van der Waals surface area (Å²) in [5.41, 5.74) is 1.16. The molecular weight excluding hydrogens is 324 g/mol. The van der Waals surface area contributed by atoms with Crippen LogP contribution in [0.2, 0.25) is 0 Å². The predicted octanol–water partition coefficient (Wildman–Crippen LogP) is 3.19. The van der Waals surface area contributed by atoms with Crippen LogP contribution in [-0.2, 0) is 0 Å². The van der Waals surface area contributed by atoms with E-state index in [1.165, 1.54) is 0 Å². The van der Waals surface area contributed by atoms with Gasteiger partial charge in [0.2, 0.25) is 0 Å². The van der Waals surface area contributed by atoms with Crippen molar-refractivity contribution in [1.29, 1.82) is 0 Å². The fraction of sp³-hybridized carbons (Fsp3) is 0.667. The first-order valence-corrected chi connectivity index (χ1v) is 10.0. The minimum atomic E-state index is 0.0364. The summed E-state index contributed by atoms with van der Waals surface area (Å²) in [5.74, 6) is 1.84. The van der Waals surface area contributed by atoms with Crippen LogP contribution in [0, 0.1) is 6.92 Å². The summed E-state index contributed by atoms with van der Waals surface area (Å²) in [5, 5.41) is 6.97. The standard InChI is InChI=1S/C21H36N4O/c1-6-22-21(24-19-11-13-25(14-12-19)16(2)3)23-15-18(5)26-20-10-8-7-9-17(20)4/h7-10,16,18-19H,6,11-15H2,1-5H3,(H2,22,23,24). The van der Waals surface area contributed by atoms with Crippen molar-refractivity contribution in [2.75, 3.05) is 26.2 Å². The third-order valence-electron chi connectivity index (χ3n) is 4.87. The molecule has 5 heteroatoms. The Morgan fingerprint density at radius 3 is 2.54 bits per heavy atom. The second kappa shape index (κ2) is 10.4. The molecule has 1 fully saturated rings. The molecule has 2 rings (SSSR count). The monoisotopic (exact) mass is 360 g/mol. The summed E-state index contributed by atoms with van der Waals surface area (Å²) in [7, 11) is 0. The van der Waals surface area contributed by atoms with Crippen molar-refractivity contribution in [3.05, 3.63) is 29.8 Å². The van der Waals surface area contributed by atoms with Crippen molar-refractivity contribution < 1.29 is 4.74 Å². The summed E-state index contributed by atoms with van der Waals surface area (Å²) in [6.45, 7) is 14.6. The summed E-state index contributed by atoms with van der Waals surface area (Å²) >= 11 is 0. The Hall–Kier alpha value is -1.75. The van der Waals surface area contributed by atoms with Crippen molar-refractivity contribution in [2.24, 2.45) is 4.99 Å². The molecule has 1 aromatic rings. The molecule has 26 heavy (non-hydrogen) atoms. The van der Waals surface area contributed by atoms with Crippen molar-refractivity contribution in [3.8, 4) is 5.75 Å². The maximum Gasteiger partial charge on any atom is 0.191 e. The van der Waals surface area contributed by atoms with E-state index in [-0.39, 0.29) is 6.10 Å². The molecule has 1 saturated heterocycles. The summed E-state index contributed by atoms with van der Waals surface area (Å²) in [4.78, 5) is 7.29. The molecule has 0 aliphatic carbocycles. The van der Waals surface area contributed by atoms with Gasteiger partial charge >= 0.3 is 0 Å². The fourth-order valence-corrected chi connectivity index (χ4v) is 3.24. The number of guanidine groups is 1. The second-order valence-electron chi connectivity index (χ2n) is 7.46. The van der Waals surface area contributed by atoms with E-state index in [4.69, 9.17) is 9.73 Å². The Bertz CT molecular complexity index is 565. The summed E-state index contributed by atoms with van der Waals surface area (Å²) < 4.78 is 6.03. The van der Waals surface area contributed by atoms with E-state index >= 15 is 0 Å². The lowest BCUT2D eigenvalue weighted by atomic mass is 10.0. The van der Waals surface area contributed by atoms with Crippen molar-refractivity contribution in [3.63, 3.8) is 0 Å².